The number of hydrogen-bond donors (Lipinski definition) is 2. The first-order valence-electron chi connectivity index (χ1n) is 5.67. The van der Waals surface area contributed by atoms with Crippen molar-refractivity contribution < 1.29 is 19.1 Å². The fraction of sp³-hybridized carbons (Fsp3) is 0. The molecule has 0 saturated carbocycles. The normalized spacial score (nSPS) is 10.2. The first-order chi connectivity index (χ1) is 9.88. The van der Waals surface area contributed by atoms with E-state index >= 15 is 0 Å². The molecular formula is C14H8BrClFNO3. The second-order valence-electron chi connectivity index (χ2n) is 4.07. The number of carboxylic acids is 1. The van der Waals surface area contributed by atoms with Crippen LogP contribution in [-0.2, 0) is 0 Å². The highest BCUT2D eigenvalue weighted by atomic mass is 79.9. The predicted molar refractivity (Wildman–Crippen MR) is 80.5 cm³/mol. The minimum Gasteiger partial charge on any atom is -0.478 e. The largest absolute Gasteiger partial charge is 0.478 e. The number of carbonyl (C=O) groups excluding carboxylic acids is 1. The molecule has 108 valence electrons. The second kappa shape index (κ2) is 6.24. The van der Waals surface area contributed by atoms with Crippen molar-refractivity contribution in [2.24, 2.45) is 0 Å². The van der Waals surface area contributed by atoms with E-state index in [1.54, 1.807) is 0 Å². The van der Waals surface area contributed by atoms with E-state index in [1.165, 1.54) is 30.3 Å². The van der Waals surface area contributed by atoms with Crippen molar-refractivity contribution in [1.29, 1.82) is 0 Å². The summed E-state index contributed by atoms with van der Waals surface area (Å²) >= 11 is 8.90. The Labute approximate surface area is 132 Å². The molecule has 4 nitrogen and oxygen atoms in total. The highest BCUT2D eigenvalue weighted by Gasteiger charge is 2.17. The molecule has 0 spiro atoms. The molecule has 0 unspecified atom stereocenters. The van der Waals surface area contributed by atoms with Crippen molar-refractivity contribution in [1.82, 2.24) is 0 Å². The molecule has 0 heterocycles. The van der Waals surface area contributed by atoms with Gasteiger partial charge in [0.1, 0.15) is 5.82 Å². The van der Waals surface area contributed by atoms with Crippen molar-refractivity contribution in [2.45, 2.75) is 0 Å². The highest BCUT2D eigenvalue weighted by molar-refractivity contribution is 9.10. The van der Waals surface area contributed by atoms with E-state index in [4.69, 9.17) is 16.7 Å². The van der Waals surface area contributed by atoms with Crippen LogP contribution in [0.1, 0.15) is 20.7 Å². The third-order valence-corrected chi connectivity index (χ3v) is 3.36. The van der Waals surface area contributed by atoms with Crippen LogP contribution in [0, 0.1) is 5.82 Å². The van der Waals surface area contributed by atoms with Gasteiger partial charge in [-0.3, -0.25) is 4.79 Å². The zero-order valence-electron chi connectivity index (χ0n) is 10.4. The lowest BCUT2D eigenvalue weighted by Crippen LogP contribution is -2.16. The first kappa shape index (κ1) is 15.5. The maximum atomic E-state index is 13.6. The fourth-order valence-electron chi connectivity index (χ4n) is 1.67. The molecule has 2 rings (SSSR count). The van der Waals surface area contributed by atoms with Crippen molar-refractivity contribution in [3.8, 4) is 0 Å². The third kappa shape index (κ3) is 3.59. The maximum Gasteiger partial charge on any atom is 0.337 e. The topological polar surface area (TPSA) is 66.4 Å². The summed E-state index contributed by atoms with van der Waals surface area (Å²) in [7, 11) is 0. The summed E-state index contributed by atoms with van der Waals surface area (Å²) < 4.78 is 14.2. The molecule has 0 saturated heterocycles. The quantitative estimate of drug-likeness (QED) is 0.849. The lowest BCUT2D eigenvalue weighted by molar-refractivity contribution is 0.0698. The van der Waals surface area contributed by atoms with Crippen molar-refractivity contribution >= 4 is 45.1 Å². The monoisotopic (exact) mass is 371 g/mol. The standard InChI is InChI=1S/C14H8BrClFNO3/c15-7-1-3-9(14(20)21)12(5-7)18-13(19)10-6-8(16)2-4-11(10)17/h1-6H,(H,18,19)(H,20,21). The van der Waals surface area contributed by atoms with E-state index < -0.39 is 17.7 Å². The third-order valence-electron chi connectivity index (χ3n) is 2.63. The molecule has 2 N–H and O–H groups in total. The molecule has 7 heteroatoms. The lowest BCUT2D eigenvalue weighted by atomic mass is 10.1. The van der Waals surface area contributed by atoms with Gasteiger partial charge in [0.2, 0.25) is 0 Å². The fourth-order valence-corrected chi connectivity index (χ4v) is 2.20. The minimum absolute atomic E-state index is 0.0567. The number of anilines is 1. The van der Waals surface area contributed by atoms with E-state index in [0.29, 0.717) is 4.47 Å². The molecule has 0 fully saturated rings. The van der Waals surface area contributed by atoms with Gasteiger partial charge in [-0.2, -0.15) is 0 Å². The lowest BCUT2D eigenvalue weighted by Gasteiger charge is -2.10. The van der Waals surface area contributed by atoms with E-state index in [1.807, 2.05) is 0 Å². The van der Waals surface area contributed by atoms with Gasteiger partial charge >= 0.3 is 5.97 Å². The number of rotatable bonds is 3. The summed E-state index contributed by atoms with van der Waals surface area (Å²) in [5.41, 5.74) is -0.311. The summed E-state index contributed by atoms with van der Waals surface area (Å²) in [4.78, 5) is 23.2. The molecule has 2 aromatic rings. The van der Waals surface area contributed by atoms with Gasteiger partial charge in [-0.25, -0.2) is 9.18 Å². The molecule has 1 amide bonds. The summed E-state index contributed by atoms with van der Waals surface area (Å²) in [5, 5.41) is 11.6. The number of nitrogens with one attached hydrogen (secondary N) is 1. The van der Waals surface area contributed by atoms with E-state index in [9.17, 15) is 14.0 Å². The zero-order chi connectivity index (χ0) is 15.6. The molecule has 0 bridgehead atoms. The Morgan fingerprint density at radius 1 is 1.14 bits per heavy atom. The summed E-state index contributed by atoms with van der Waals surface area (Å²) in [5.74, 6) is -2.73. The first-order valence-corrected chi connectivity index (χ1v) is 6.85. The Hall–Kier alpha value is -1.92. The van der Waals surface area contributed by atoms with Gasteiger partial charge in [-0.15, -0.1) is 0 Å². The van der Waals surface area contributed by atoms with Gasteiger partial charge in [0.05, 0.1) is 16.8 Å². The molecule has 0 aromatic heterocycles. The Kier molecular flexibility index (Phi) is 4.59. The van der Waals surface area contributed by atoms with Crippen LogP contribution in [0.5, 0.6) is 0 Å². The highest BCUT2D eigenvalue weighted by Crippen LogP contribution is 2.23. The van der Waals surface area contributed by atoms with Crippen molar-refractivity contribution in [2.75, 3.05) is 5.32 Å². The molecule has 0 atom stereocenters. The zero-order valence-corrected chi connectivity index (χ0v) is 12.7. The van der Waals surface area contributed by atoms with Gasteiger partial charge in [-0.1, -0.05) is 27.5 Å². The molecule has 0 aliphatic heterocycles. The number of halogens is 3. The Morgan fingerprint density at radius 2 is 1.86 bits per heavy atom. The Bertz CT molecular complexity index is 736. The molecule has 0 aliphatic rings. The van der Waals surface area contributed by atoms with Crippen LogP contribution in [0.3, 0.4) is 0 Å². The Morgan fingerprint density at radius 3 is 2.52 bits per heavy atom. The van der Waals surface area contributed by atoms with Gasteiger partial charge < -0.3 is 10.4 Å². The number of amides is 1. The van der Waals surface area contributed by atoms with Gasteiger partial charge in [-0.05, 0) is 36.4 Å². The summed E-state index contributed by atoms with van der Waals surface area (Å²) in [6.45, 7) is 0. The van der Waals surface area contributed by atoms with Gasteiger partial charge in [0, 0.05) is 9.50 Å². The second-order valence-corrected chi connectivity index (χ2v) is 5.43. The van der Waals surface area contributed by atoms with E-state index in [-0.39, 0.29) is 21.8 Å². The average molecular weight is 373 g/mol. The average Bonchev–Trinajstić information content (AvgIpc) is 2.41. The molecule has 21 heavy (non-hydrogen) atoms. The van der Waals surface area contributed by atoms with Crippen LogP contribution in [0.4, 0.5) is 10.1 Å². The van der Waals surface area contributed by atoms with Crippen LogP contribution < -0.4 is 5.32 Å². The van der Waals surface area contributed by atoms with E-state index in [0.717, 1.165) is 6.07 Å². The Balaban J connectivity index is 2.38. The molecular weight excluding hydrogens is 365 g/mol. The summed E-state index contributed by atoms with van der Waals surface area (Å²) in [6, 6.07) is 7.83. The number of aromatic carboxylic acids is 1. The van der Waals surface area contributed by atoms with Crippen LogP contribution in [0.2, 0.25) is 5.02 Å². The van der Waals surface area contributed by atoms with Crippen LogP contribution in [0.25, 0.3) is 0 Å². The SMILES string of the molecule is O=C(Nc1cc(Br)ccc1C(=O)O)c1cc(Cl)ccc1F. The number of benzene rings is 2. The number of carbonyl (C=O) groups is 2. The van der Waals surface area contributed by atoms with Crippen LogP contribution >= 0.6 is 27.5 Å². The molecule has 0 radical (unpaired) electrons. The summed E-state index contributed by atoms with van der Waals surface area (Å²) in [6.07, 6.45) is 0. The van der Waals surface area contributed by atoms with Gasteiger partial charge in [0.15, 0.2) is 0 Å². The molecule has 2 aromatic carbocycles. The van der Waals surface area contributed by atoms with E-state index in [2.05, 4.69) is 21.2 Å². The predicted octanol–water partition coefficient (Wildman–Crippen LogP) is 4.19. The van der Waals surface area contributed by atoms with Crippen molar-refractivity contribution in [3.63, 3.8) is 0 Å². The smallest absolute Gasteiger partial charge is 0.337 e. The molecule has 0 aliphatic carbocycles. The van der Waals surface area contributed by atoms with Gasteiger partial charge in [0.25, 0.3) is 5.91 Å². The number of hydrogen-bond acceptors (Lipinski definition) is 2. The van der Waals surface area contributed by atoms with Crippen LogP contribution in [-0.4, -0.2) is 17.0 Å². The van der Waals surface area contributed by atoms with Crippen LogP contribution in [0.15, 0.2) is 40.9 Å². The number of carboxylic acid groups (broad SMARTS) is 1. The maximum absolute atomic E-state index is 13.6. The van der Waals surface area contributed by atoms with Crippen molar-refractivity contribution in [3.05, 3.63) is 62.8 Å². The minimum atomic E-state index is -1.20.